The summed E-state index contributed by atoms with van der Waals surface area (Å²) in [6.45, 7) is 0. The Kier molecular flexibility index (Phi) is 2.66. The molecular weight excluding hydrogens is 190 g/mol. The van der Waals surface area contributed by atoms with Crippen molar-refractivity contribution in [3.8, 4) is 5.88 Å². The molecule has 1 aromatic heterocycles. The van der Waals surface area contributed by atoms with Crippen molar-refractivity contribution < 1.29 is 24.5 Å². The number of aromatic carboxylic acids is 2. The van der Waals surface area contributed by atoms with Crippen LogP contribution in [0.25, 0.3) is 0 Å². The average molecular weight is 197 g/mol. The van der Waals surface area contributed by atoms with Crippen LogP contribution in [0.4, 0.5) is 0 Å². The van der Waals surface area contributed by atoms with E-state index in [1.807, 2.05) is 0 Å². The quantitative estimate of drug-likeness (QED) is 0.731. The number of aromatic nitrogens is 1. The number of carboxylic acid groups (broad SMARTS) is 2. The fourth-order valence-electron chi connectivity index (χ4n) is 0.878. The number of methoxy groups -OCH3 is 1. The van der Waals surface area contributed by atoms with Gasteiger partial charge >= 0.3 is 11.9 Å². The maximum atomic E-state index is 10.6. The van der Waals surface area contributed by atoms with E-state index in [0.717, 1.165) is 12.1 Å². The standard InChI is InChI=1S/C8H7NO5/c1-14-6-4(7(10)11)2-3-5(9-6)8(12)13/h2-3H,1H3,(H,10,11)(H,12,13). The van der Waals surface area contributed by atoms with Gasteiger partial charge in [0.15, 0.2) is 5.69 Å². The number of rotatable bonds is 3. The van der Waals surface area contributed by atoms with Crippen LogP contribution in [-0.4, -0.2) is 34.2 Å². The van der Waals surface area contributed by atoms with E-state index in [2.05, 4.69) is 9.72 Å². The minimum Gasteiger partial charge on any atom is -0.480 e. The lowest BCUT2D eigenvalue weighted by Crippen LogP contribution is -2.07. The number of pyridine rings is 1. The first-order chi connectivity index (χ1) is 6.56. The van der Waals surface area contributed by atoms with E-state index >= 15 is 0 Å². The Labute approximate surface area is 78.8 Å². The minimum atomic E-state index is -1.24. The molecule has 1 aromatic rings. The van der Waals surface area contributed by atoms with E-state index in [1.165, 1.54) is 7.11 Å². The van der Waals surface area contributed by atoms with Gasteiger partial charge < -0.3 is 14.9 Å². The smallest absolute Gasteiger partial charge is 0.354 e. The second-order valence-corrected chi connectivity index (χ2v) is 2.36. The third-order valence-electron chi connectivity index (χ3n) is 1.50. The molecule has 0 unspecified atom stereocenters. The molecule has 2 N–H and O–H groups in total. The van der Waals surface area contributed by atoms with E-state index in [1.54, 1.807) is 0 Å². The molecule has 14 heavy (non-hydrogen) atoms. The first-order valence-corrected chi connectivity index (χ1v) is 3.58. The van der Waals surface area contributed by atoms with Crippen LogP contribution in [0, 0.1) is 0 Å². The van der Waals surface area contributed by atoms with Gasteiger partial charge in [0, 0.05) is 0 Å². The molecule has 0 radical (unpaired) electrons. The second-order valence-electron chi connectivity index (χ2n) is 2.36. The first kappa shape index (κ1) is 9.97. The van der Waals surface area contributed by atoms with Crippen LogP contribution in [0.3, 0.4) is 0 Å². The Bertz CT molecular complexity index is 387. The van der Waals surface area contributed by atoms with E-state index < -0.39 is 11.9 Å². The Balaban J connectivity index is 3.25. The van der Waals surface area contributed by atoms with Gasteiger partial charge in [-0.1, -0.05) is 0 Å². The fourth-order valence-corrected chi connectivity index (χ4v) is 0.878. The van der Waals surface area contributed by atoms with Gasteiger partial charge in [0.2, 0.25) is 5.88 Å². The summed E-state index contributed by atoms with van der Waals surface area (Å²) in [5.74, 6) is -2.66. The zero-order valence-corrected chi connectivity index (χ0v) is 7.22. The van der Waals surface area contributed by atoms with Crippen molar-refractivity contribution in [3.63, 3.8) is 0 Å². The molecule has 0 atom stereocenters. The molecule has 1 rings (SSSR count). The van der Waals surface area contributed by atoms with Crippen LogP contribution < -0.4 is 4.74 Å². The van der Waals surface area contributed by atoms with Gasteiger partial charge in [0.25, 0.3) is 0 Å². The monoisotopic (exact) mass is 197 g/mol. The van der Waals surface area contributed by atoms with Gasteiger partial charge in [0.1, 0.15) is 5.56 Å². The molecule has 1 heterocycles. The SMILES string of the molecule is COc1nc(C(=O)O)ccc1C(=O)O. The largest absolute Gasteiger partial charge is 0.480 e. The highest BCUT2D eigenvalue weighted by atomic mass is 16.5. The van der Waals surface area contributed by atoms with Crippen LogP contribution in [0.1, 0.15) is 20.8 Å². The molecule has 6 nitrogen and oxygen atoms in total. The maximum absolute atomic E-state index is 10.6. The topological polar surface area (TPSA) is 96.7 Å². The molecule has 0 fully saturated rings. The molecule has 0 aliphatic carbocycles. The summed E-state index contributed by atoms with van der Waals surface area (Å²) in [6, 6.07) is 2.24. The molecule has 6 heteroatoms. The van der Waals surface area contributed by atoms with Gasteiger partial charge in [-0.25, -0.2) is 14.6 Å². The molecule has 74 valence electrons. The molecule has 0 amide bonds. The maximum Gasteiger partial charge on any atom is 0.354 e. The van der Waals surface area contributed by atoms with Gasteiger partial charge in [0.05, 0.1) is 7.11 Å². The molecule has 0 saturated carbocycles. The van der Waals surface area contributed by atoms with Crippen molar-refractivity contribution in [1.29, 1.82) is 0 Å². The highest BCUT2D eigenvalue weighted by Gasteiger charge is 2.15. The van der Waals surface area contributed by atoms with E-state index in [-0.39, 0.29) is 17.1 Å². The van der Waals surface area contributed by atoms with E-state index in [9.17, 15) is 9.59 Å². The summed E-state index contributed by atoms with van der Waals surface area (Å²) >= 11 is 0. The van der Waals surface area contributed by atoms with Crippen LogP contribution in [0.5, 0.6) is 5.88 Å². The highest BCUT2D eigenvalue weighted by Crippen LogP contribution is 2.15. The molecular formula is C8H7NO5. The van der Waals surface area contributed by atoms with Gasteiger partial charge in [-0.05, 0) is 12.1 Å². The summed E-state index contributed by atoms with van der Waals surface area (Å²) in [5, 5.41) is 17.2. The summed E-state index contributed by atoms with van der Waals surface area (Å²) in [5.41, 5.74) is -0.427. The lowest BCUT2D eigenvalue weighted by atomic mass is 10.2. The molecule has 0 aromatic carbocycles. The van der Waals surface area contributed by atoms with Crippen LogP contribution in [0.2, 0.25) is 0 Å². The molecule has 0 spiro atoms. The molecule has 0 aliphatic heterocycles. The number of hydrogen-bond acceptors (Lipinski definition) is 4. The highest BCUT2D eigenvalue weighted by molar-refractivity contribution is 5.92. The van der Waals surface area contributed by atoms with Gasteiger partial charge in [-0.2, -0.15) is 0 Å². The van der Waals surface area contributed by atoms with Crippen LogP contribution >= 0.6 is 0 Å². The van der Waals surface area contributed by atoms with E-state index in [4.69, 9.17) is 10.2 Å². The third-order valence-corrected chi connectivity index (χ3v) is 1.50. The van der Waals surface area contributed by atoms with Crippen molar-refractivity contribution >= 4 is 11.9 Å². The van der Waals surface area contributed by atoms with Crippen molar-refractivity contribution in [2.75, 3.05) is 7.11 Å². The predicted octanol–water partition coefficient (Wildman–Crippen LogP) is 0.487. The van der Waals surface area contributed by atoms with Gasteiger partial charge in [-0.3, -0.25) is 0 Å². The third kappa shape index (κ3) is 1.79. The van der Waals surface area contributed by atoms with Crippen LogP contribution in [0.15, 0.2) is 12.1 Å². The number of hydrogen-bond donors (Lipinski definition) is 2. The summed E-state index contributed by atoms with van der Waals surface area (Å²) in [4.78, 5) is 24.6. The van der Waals surface area contributed by atoms with Gasteiger partial charge in [-0.15, -0.1) is 0 Å². The first-order valence-electron chi connectivity index (χ1n) is 3.58. The predicted molar refractivity (Wildman–Crippen MR) is 44.7 cm³/mol. The zero-order chi connectivity index (χ0) is 10.7. The Morgan fingerprint density at radius 2 is 1.93 bits per heavy atom. The number of carboxylic acids is 2. The number of ether oxygens (including phenoxy) is 1. The molecule has 0 bridgehead atoms. The Morgan fingerprint density at radius 1 is 1.29 bits per heavy atom. The number of nitrogens with zero attached hydrogens (tertiary/aromatic N) is 1. The van der Waals surface area contributed by atoms with Crippen molar-refractivity contribution in [2.24, 2.45) is 0 Å². The average Bonchev–Trinajstić information content (AvgIpc) is 2.16. The lowest BCUT2D eigenvalue weighted by Gasteiger charge is -2.03. The fraction of sp³-hybridized carbons (Fsp3) is 0.125. The molecule has 0 saturated heterocycles. The minimum absolute atomic E-state index is 0.169. The van der Waals surface area contributed by atoms with Crippen molar-refractivity contribution in [2.45, 2.75) is 0 Å². The van der Waals surface area contributed by atoms with E-state index in [0.29, 0.717) is 0 Å². The van der Waals surface area contributed by atoms with Crippen molar-refractivity contribution in [3.05, 3.63) is 23.4 Å². The number of carbonyl (C=O) groups is 2. The zero-order valence-electron chi connectivity index (χ0n) is 7.22. The second kappa shape index (κ2) is 3.73. The van der Waals surface area contributed by atoms with Crippen molar-refractivity contribution in [1.82, 2.24) is 4.98 Å². The molecule has 0 aliphatic rings. The Hall–Kier alpha value is -2.11. The normalized spacial score (nSPS) is 9.50. The van der Waals surface area contributed by atoms with Crippen LogP contribution in [-0.2, 0) is 0 Å². The summed E-state index contributed by atoms with van der Waals surface area (Å²) in [6.07, 6.45) is 0. The lowest BCUT2D eigenvalue weighted by molar-refractivity contribution is 0.0671. The Morgan fingerprint density at radius 3 is 2.36 bits per heavy atom. The summed E-state index contributed by atoms with van der Waals surface area (Å²) < 4.78 is 4.64. The summed E-state index contributed by atoms with van der Waals surface area (Å²) in [7, 11) is 1.22.